The topological polar surface area (TPSA) is 34.9 Å². The second-order valence-electron chi connectivity index (χ2n) is 6.17. The fraction of sp³-hybridized carbons (Fsp3) is 0.375. The fourth-order valence-electron chi connectivity index (χ4n) is 2.23. The Morgan fingerprint density at radius 1 is 1.33 bits per heavy atom. The van der Waals surface area contributed by atoms with Gasteiger partial charge in [-0.05, 0) is 23.6 Å². The minimum absolute atomic E-state index is 0.0258. The van der Waals surface area contributed by atoms with E-state index in [1.165, 1.54) is 0 Å². The summed E-state index contributed by atoms with van der Waals surface area (Å²) in [5.74, 6) is -0.178. The first-order valence-electron chi connectivity index (χ1n) is 6.74. The second kappa shape index (κ2) is 6.20. The lowest BCUT2D eigenvalue weighted by atomic mass is 9.76. The normalized spacial score (nSPS) is 13.2. The molecule has 0 aliphatic heterocycles. The summed E-state index contributed by atoms with van der Waals surface area (Å²) in [6.45, 7) is 6.73. The first-order valence-corrected chi connectivity index (χ1v) is 7.49. The number of imidazole rings is 1. The Labute approximate surface area is 134 Å². The average Bonchev–Trinajstić information content (AvgIpc) is 2.86. The standard InChI is InChI=1S/C16H18Cl2N2O/c1-16(2,3)13(9-20-7-6-19-10-20)15(21)12-5-4-11(17)8-14(12)18/h4-8,10,13H,9H2,1-3H3. The molecule has 0 aliphatic rings. The molecule has 1 heterocycles. The molecule has 1 aromatic carbocycles. The highest BCUT2D eigenvalue weighted by Gasteiger charge is 2.33. The van der Waals surface area contributed by atoms with Crippen LogP contribution in [0.4, 0.5) is 0 Å². The van der Waals surface area contributed by atoms with Gasteiger partial charge in [0.2, 0.25) is 0 Å². The van der Waals surface area contributed by atoms with Crippen LogP contribution >= 0.6 is 23.2 Å². The van der Waals surface area contributed by atoms with Gasteiger partial charge < -0.3 is 4.57 Å². The number of benzene rings is 1. The Hall–Kier alpha value is -1.32. The van der Waals surface area contributed by atoms with Crippen LogP contribution < -0.4 is 0 Å². The number of nitrogens with zero attached hydrogens (tertiary/aromatic N) is 2. The fourth-order valence-corrected chi connectivity index (χ4v) is 2.73. The Bertz CT molecular complexity index is 630. The first-order chi connectivity index (χ1) is 9.79. The molecule has 0 radical (unpaired) electrons. The highest BCUT2D eigenvalue weighted by Crippen LogP contribution is 2.33. The highest BCUT2D eigenvalue weighted by molar-refractivity contribution is 6.36. The molecule has 2 aromatic rings. The molecule has 112 valence electrons. The summed E-state index contributed by atoms with van der Waals surface area (Å²) in [5, 5.41) is 0.922. The molecule has 21 heavy (non-hydrogen) atoms. The van der Waals surface area contributed by atoms with Crippen LogP contribution in [0, 0.1) is 11.3 Å². The molecule has 1 aromatic heterocycles. The van der Waals surface area contributed by atoms with E-state index in [4.69, 9.17) is 23.2 Å². The Morgan fingerprint density at radius 3 is 2.57 bits per heavy atom. The monoisotopic (exact) mass is 324 g/mol. The van der Waals surface area contributed by atoms with Crippen LogP contribution in [0.3, 0.4) is 0 Å². The number of aromatic nitrogens is 2. The molecule has 1 unspecified atom stereocenters. The lowest BCUT2D eigenvalue weighted by Gasteiger charge is -2.30. The van der Waals surface area contributed by atoms with E-state index in [0.717, 1.165) is 0 Å². The molecule has 0 bridgehead atoms. The molecular formula is C16H18Cl2N2O. The summed E-state index contributed by atoms with van der Waals surface area (Å²) >= 11 is 12.1. The zero-order chi connectivity index (χ0) is 15.6. The van der Waals surface area contributed by atoms with Gasteiger partial charge in [0.1, 0.15) is 0 Å². The smallest absolute Gasteiger partial charge is 0.169 e. The minimum Gasteiger partial charge on any atom is -0.337 e. The number of carbonyl (C=O) groups is 1. The molecular weight excluding hydrogens is 307 g/mol. The summed E-state index contributed by atoms with van der Waals surface area (Å²) in [4.78, 5) is 16.9. The zero-order valence-electron chi connectivity index (χ0n) is 12.3. The highest BCUT2D eigenvalue weighted by atomic mass is 35.5. The van der Waals surface area contributed by atoms with Gasteiger partial charge in [-0.25, -0.2) is 4.98 Å². The van der Waals surface area contributed by atoms with Crippen LogP contribution in [0.5, 0.6) is 0 Å². The number of rotatable bonds is 4. The number of ketones is 1. The lowest BCUT2D eigenvalue weighted by molar-refractivity contribution is 0.0790. The Kier molecular flexibility index (Phi) is 4.74. The van der Waals surface area contributed by atoms with Gasteiger partial charge in [0.05, 0.1) is 11.3 Å². The molecule has 2 rings (SSSR count). The van der Waals surface area contributed by atoms with Gasteiger partial charge in [-0.15, -0.1) is 0 Å². The maximum Gasteiger partial charge on any atom is 0.169 e. The summed E-state index contributed by atoms with van der Waals surface area (Å²) in [5.41, 5.74) is 0.325. The number of halogens is 2. The van der Waals surface area contributed by atoms with E-state index in [9.17, 15) is 4.79 Å². The maximum atomic E-state index is 12.9. The van der Waals surface area contributed by atoms with Gasteiger partial charge in [0.15, 0.2) is 5.78 Å². The third kappa shape index (κ3) is 3.86. The molecule has 0 spiro atoms. The van der Waals surface area contributed by atoms with Crippen molar-refractivity contribution in [2.75, 3.05) is 0 Å². The van der Waals surface area contributed by atoms with Crippen molar-refractivity contribution >= 4 is 29.0 Å². The van der Waals surface area contributed by atoms with Gasteiger partial charge in [0, 0.05) is 35.4 Å². The van der Waals surface area contributed by atoms with E-state index in [0.29, 0.717) is 22.2 Å². The van der Waals surface area contributed by atoms with Crippen LogP contribution in [-0.4, -0.2) is 15.3 Å². The van der Waals surface area contributed by atoms with E-state index in [-0.39, 0.29) is 17.1 Å². The van der Waals surface area contributed by atoms with Crippen molar-refractivity contribution in [2.24, 2.45) is 11.3 Å². The summed E-state index contributed by atoms with van der Waals surface area (Å²) < 4.78 is 1.91. The van der Waals surface area contributed by atoms with Crippen molar-refractivity contribution in [1.82, 2.24) is 9.55 Å². The third-order valence-electron chi connectivity index (χ3n) is 3.51. The van der Waals surface area contributed by atoms with Gasteiger partial charge in [-0.1, -0.05) is 44.0 Å². The predicted molar refractivity (Wildman–Crippen MR) is 86.0 cm³/mol. The lowest BCUT2D eigenvalue weighted by Crippen LogP contribution is -2.32. The second-order valence-corrected chi connectivity index (χ2v) is 7.01. The zero-order valence-corrected chi connectivity index (χ0v) is 13.8. The average molecular weight is 325 g/mol. The molecule has 0 saturated carbocycles. The van der Waals surface area contributed by atoms with Gasteiger partial charge in [-0.2, -0.15) is 0 Å². The number of hydrogen-bond acceptors (Lipinski definition) is 2. The third-order valence-corrected chi connectivity index (χ3v) is 4.06. The molecule has 1 atom stereocenters. The van der Waals surface area contributed by atoms with E-state index >= 15 is 0 Å². The van der Waals surface area contributed by atoms with Crippen LogP contribution in [-0.2, 0) is 6.54 Å². The summed E-state index contributed by atoms with van der Waals surface area (Å²) in [7, 11) is 0. The van der Waals surface area contributed by atoms with Crippen molar-refractivity contribution in [3.8, 4) is 0 Å². The number of carbonyl (C=O) groups excluding carboxylic acids is 1. The molecule has 0 aliphatic carbocycles. The Balaban J connectivity index is 2.34. The van der Waals surface area contributed by atoms with Crippen molar-refractivity contribution in [2.45, 2.75) is 27.3 Å². The first kappa shape index (κ1) is 16.1. The van der Waals surface area contributed by atoms with Gasteiger partial charge >= 0.3 is 0 Å². The number of Topliss-reactive ketones (excluding diaryl/α,β-unsaturated/α-hetero) is 1. The molecule has 3 nitrogen and oxygen atoms in total. The van der Waals surface area contributed by atoms with E-state index in [1.54, 1.807) is 30.7 Å². The minimum atomic E-state index is -0.203. The van der Waals surface area contributed by atoms with E-state index < -0.39 is 0 Å². The van der Waals surface area contributed by atoms with Crippen molar-refractivity contribution in [3.63, 3.8) is 0 Å². The van der Waals surface area contributed by atoms with E-state index in [2.05, 4.69) is 25.8 Å². The van der Waals surface area contributed by atoms with Crippen molar-refractivity contribution in [3.05, 3.63) is 52.5 Å². The summed E-state index contributed by atoms with van der Waals surface area (Å²) in [6, 6.07) is 4.99. The van der Waals surface area contributed by atoms with Crippen molar-refractivity contribution in [1.29, 1.82) is 0 Å². The van der Waals surface area contributed by atoms with E-state index in [1.807, 2.05) is 10.8 Å². The molecule has 0 saturated heterocycles. The summed E-state index contributed by atoms with van der Waals surface area (Å²) in [6.07, 6.45) is 5.28. The molecule has 0 amide bonds. The molecule has 5 heteroatoms. The van der Waals surface area contributed by atoms with Crippen LogP contribution in [0.1, 0.15) is 31.1 Å². The van der Waals surface area contributed by atoms with Gasteiger partial charge in [0.25, 0.3) is 0 Å². The maximum absolute atomic E-state index is 12.9. The Morgan fingerprint density at radius 2 is 2.05 bits per heavy atom. The number of hydrogen-bond donors (Lipinski definition) is 0. The molecule has 0 N–H and O–H groups in total. The van der Waals surface area contributed by atoms with Gasteiger partial charge in [-0.3, -0.25) is 4.79 Å². The predicted octanol–water partition coefficient (Wildman–Crippen LogP) is 4.74. The SMILES string of the molecule is CC(C)(C)C(Cn1ccnc1)C(=O)c1ccc(Cl)cc1Cl. The van der Waals surface area contributed by atoms with Crippen LogP contribution in [0.25, 0.3) is 0 Å². The van der Waals surface area contributed by atoms with Crippen LogP contribution in [0.15, 0.2) is 36.9 Å². The molecule has 0 fully saturated rings. The quantitative estimate of drug-likeness (QED) is 0.761. The largest absolute Gasteiger partial charge is 0.337 e. The van der Waals surface area contributed by atoms with Crippen molar-refractivity contribution < 1.29 is 4.79 Å². The van der Waals surface area contributed by atoms with Crippen LogP contribution in [0.2, 0.25) is 10.0 Å².